The number of halogens is 4. The van der Waals surface area contributed by atoms with E-state index in [-0.39, 0.29) is 35.5 Å². The summed E-state index contributed by atoms with van der Waals surface area (Å²) in [5.41, 5.74) is 2.91. The Labute approximate surface area is 323 Å². The minimum absolute atomic E-state index is 0.0140. The van der Waals surface area contributed by atoms with Crippen LogP contribution in [0.4, 0.5) is 0 Å². The van der Waals surface area contributed by atoms with E-state index in [1.807, 2.05) is 24.3 Å². The molecule has 52 heavy (non-hydrogen) atoms. The third kappa shape index (κ3) is 9.10. The summed E-state index contributed by atoms with van der Waals surface area (Å²) in [6, 6.07) is 17.6. The quantitative estimate of drug-likeness (QED) is 0.191. The molecule has 2 aliphatic rings. The van der Waals surface area contributed by atoms with E-state index >= 15 is 0 Å². The molecule has 6 atom stereocenters. The number of aliphatic hydroxyl groups excluding tert-OH is 2. The lowest BCUT2D eigenvalue weighted by atomic mass is 9.86. The van der Waals surface area contributed by atoms with Crippen molar-refractivity contribution in [3.8, 4) is 11.8 Å². The third-order valence-electron chi connectivity index (χ3n) is 9.67. The number of nitrogens with zero attached hydrogens (tertiary/aromatic N) is 4. The number of likely N-dealkylation sites (tertiary alicyclic amines) is 2. The molecule has 2 fully saturated rings. The minimum atomic E-state index is -0.554. The van der Waals surface area contributed by atoms with E-state index in [1.165, 1.54) is 26.6 Å². The highest BCUT2D eigenvalue weighted by Crippen LogP contribution is 2.39. The van der Waals surface area contributed by atoms with E-state index < -0.39 is 12.2 Å². The number of rotatable bonds is 8. The Bertz CT molecular complexity index is 1730. The molecule has 0 spiro atoms. The number of pyridine rings is 2. The smallest absolute Gasteiger partial charge is 0.255 e. The maximum atomic E-state index is 12.8. The molecule has 0 aliphatic carbocycles. The number of aliphatic hydroxyl groups is 2. The highest BCUT2D eigenvalue weighted by Gasteiger charge is 2.40. The van der Waals surface area contributed by atoms with Crippen molar-refractivity contribution in [2.45, 2.75) is 37.9 Å². The van der Waals surface area contributed by atoms with Gasteiger partial charge in [0.15, 0.2) is 0 Å². The average Bonchev–Trinajstić information content (AvgIpc) is 3.80. The van der Waals surface area contributed by atoms with Gasteiger partial charge >= 0.3 is 0 Å². The van der Waals surface area contributed by atoms with Crippen LogP contribution in [-0.4, -0.2) is 94.4 Å². The van der Waals surface area contributed by atoms with Crippen LogP contribution in [0.15, 0.2) is 73.1 Å². The summed E-state index contributed by atoms with van der Waals surface area (Å²) in [7, 11) is 3.05. The fourth-order valence-corrected chi connectivity index (χ4v) is 7.39. The number of carbonyl (C=O) groups is 2. The average molecular weight is 791 g/mol. The summed E-state index contributed by atoms with van der Waals surface area (Å²) < 4.78 is 10.1. The first-order chi connectivity index (χ1) is 24.8. The molecule has 14 heteroatoms. The van der Waals surface area contributed by atoms with Gasteiger partial charge in [0.2, 0.25) is 11.8 Å². The van der Waals surface area contributed by atoms with Crippen LogP contribution in [0.1, 0.15) is 57.5 Å². The lowest BCUT2D eigenvalue weighted by Gasteiger charge is -2.21. The Kier molecular flexibility index (Phi) is 13.3. The van der Waals surface area contributed by atoms with Crippen molar-refractivity contribution < 1.29 is 29.3 Å². The molecule has 0 unspecified atom stereocenters. The van der Waals surface area contributed by atoms with Gasteiger partial charge in [-0.15, -0.1) is 0 Å². The van der Waals surface area contributed by atoms with Crippen LogP contribution < -0.4 is 9.47 Å². The molecule has 2 aliphatic heterocycles. The van der Waals surface area contributed by atoms with Gasteiger partial charge in [-0.25, -0.2) is 9.97 Å². The Morgan fingerprint density at radius 2 is 1.02 bits per heavy atom. The van der Waals surface area contributed by atoms with Crippen molar-refractivity contribution >= 4 is 58.2 Å². The lowest BCUT2D eigenvalue weighted by molar-refractivity contribution is 0.0752. The SMILES string of the molecule is COc1ccc(C(=O)N2C[C@@H]([C@@H](C)O)[C@H](c3ccc(Cl)c(Cl)c3)C2)cn1.COc1ccc(C(=O)N2C[C@@H]([C@H](C)O)[C@H](c3ccc(Cl)c(Cl)c3)C2)cn1. The molecule has 4 aromatic rings. The lowest BCUT2D eigenvalue weighted by Crippen LogP contribution is -2.30. The summed E-state index contributed by atoms with van der Waals surface area (Å²) in [5, 5.41) is 22.4. The number of methoxy groups -OCH3 is 2. The van der Waals surface area contributed by atoms with Crippen LogP contribution >= 0.6 is 46.4 Å². The highest BCUT2D eigenvalue weighted by atomic mass is 35.5. The summed E-state index contributed by atoms with van der Waals surface area (Å²) >= 11 is 24.3. The largest absolute Gasteiger partial charge is 0.481 e. The third-order valence-corrected chi connectivity index (χ3v) is 11.2. The Balaban J connectivity index is 0.000000201. The van der Waals surface area contributed by atoms with Gasteiger partial charge in [-0.1, -0.05) is 58.5 Å². The molecule has 2 aromatic carbocycles. The molecule has 276 valence electrons. The number of ether oxygens (including phenoxy) is 2. The van der Waals surface area contributed by atoms with E-state index in [2.05, 4.69) is 9.97 Å². The van der Waals surface area contributed by atoms with Crippen molar-refractivity contribution in [2.24, 2.45) is 11.8 Å². The molecular formula is C38H40Cl4N4O6. The molecule has 0 bridgehead atoms. The molecule has 0 saturated carbocycles. The molecule has 6 rings (SSSR count). The fraction of sp³-hybridized carbons (Fsp3) is 0.368. The van der Waals surface area contributed by atoms with E-state index in [0.717, 1.165) is 11.1 Å². The van der Waals surface area contributed by atoms with E-state index in [0.29, 0.717) is 69.2 Å². The first kappa shape index (κ1) is 39.6. The van der Waals surface area contributed by atoms with Gasteiger partial charge in [-0.05, 0) is 61.4 Å². The minimum Gasteiger partial charge on any atom is -0.481 e. The number of carbonyl (C=O) groups excluding carboxylic acids is 2. The van der Waals surface area contributed by atoms with Gasteiger partial charge in [0.25, 0.3) is 11.8 Å². The molecule has 2 saturated heterocycles. The maximum Gasteiger partial charge on any atom is 0.255 e. The van der Waals surface area contributed by atoms with Crippen LogP contribution in [0.2, 0.25) is 20.1 Å². The highest BCUT2D eigenvalue weighted by molar-refractivity contribution is 6.42. The van der Waals surface area contributed by atoms with E-state index in [1.54, 1.807) is 60.0 Å². The molecule has 2 amide bonds. The second-order valence-corrected chi connectivity index (χ2v) is 14.6. The molecule has 2 N–H and O–H groups in total. The second kappa shape index (κ2) is 17.5. The van der Waals surface area contributed by atoms with Crippen molar-refractivity contribution in [1.82, 2.24) is 19.8 Å². The van der Waals surface area contributed by atoms with Gasteiger partial charge in [0.1, 0.15) is 0 Å². The predicted octanol–water partition coefficient (Wildman–Crippen LogP) is 7.27. The zero-order valence-electron chi connectivity index (χ0n) is 29.0. The van der Waals surface area contributed by atoms with Gasteiger partial charge in [0.05, 0.1) is 57.6 Å². The number of hydrogen-bond donors (Lipinski definition) is 2. The molecule has 0 radical (unpaired) electrons. The van der Waals surface area contributed by atoms with Gasteiger partial charge in [-0.2, -0.15) is 0 Å². The molecular weight excluding hydrogens is 750 g/mol. The first-order valence-corrected chi connectivity index (χ1v) is 18.2. The number of hydrogen-bond acceptors (Lipinski definition) is 8. The summed E-state index contributed by atoms with van der Waals surface area (Å²) in [4.78, 5) is 37.3. The maximum absolute atomic E-state index is 12.8. The van der Waals surface area contributed by atoms with Gasteiger partial charge in [-0.3, -0.25) is 9.59 Å². The van der Waals surface area contributed by atoms with Crippen molar-refractivity contribution in [1.29, 1.82) is 0 Å². The molecule has 4 heterocycles. The summed E-state index contributed by atoms with van der Waals surface area (Å²) in [5.74, 6) is 0.489. The molecule has 2 aromatic heterocycles. The van der Waals surface area contributed by atoms with Crippen LogP contribution in [0, 0.1) is 11.8 Å². The van der Waals surface area contributed by atoms with Crippen LogP contribution in [0.3, 0.4) is 0 Å². The Morgan fingerprint density at radius 3 is 1.31 bits per heavy atom. The van der Waals surface area contributed by atoms with Crippen LogP contribution in [-0.2, 0) is 0 Å². The van der Waals surface area contributed by atoms with E-state index in [4.69, 9.17) is 55.9 Å². The Hall–Kier alpha value is -3.64. The number of amides is 2. The number of benzene rings is 2. The topological polar surface area (TPSA) is 125 Å². The molecule has 10 nitrogen and oxygen atoms in total. The monoisotopic (exact) mass is 788 g/mol. The van der Waals surface area contributed by atoms with Crippen LogP contribution in [0.5, 0.6) is 11.8 Å². The van der Waals surface area contributed by atoms with Gasteiger partial charge in [0, 0.05) is 74.4 Å². The van der Waals surface area contributed by atoms with Crippen molar-refractivity contribution in [3.05, 3.63) is 115 Å². The van der Waals surface area contributed by atoms with Gasteiger partial charge < -0.3 is 29.5 Å². The summed E-state index contributed by atoms with van der Waals surface area (Å²) in [6.45, 7) is 5.42. The number of aromatic nitrogens is 2. The first-order valence-electron chi connectivity index (χ1n) is 16.7. The zero-order chi connectivity index (χ0) is 37.7. The van der Waals surface area contributed by atoms with Crippen molar-refractivity contribution in [3.63, 3.8) is 0 Å². The Morgan fingerprint density at radius 1 is 0.635 bits per heavy atom. The second-order valence-electron chi connectivity index (χ2n) is 13.0. The predicted molar refractivity (Wildman–Crippen MR) is 202 cm³/mol. The fourth-order valence-electron chi connectivity index (χ4n) is 6.78. The van der Waals surface area contributed by atoms with Crippen molar-refractivity contribution in [2.75, 3.05) is 40.4 Å². The standard InChI is InChI=1S/2C19H20Cl2N2O3/c2*1-11(24)14-9-23(19(25)13-4-6-18(26-2)22-8-13)10-15(14)12-3-5-16(20)17(21)7-12/h2*3-8,11,14-15,24H,9-10H2,1-2H3/t11-,14+,15+;11-,14-,15-/m10/s1. The normalized spacial score (nSPS) is 20.9. The zero-order valence-corrected chi connectivity index (χ0v) is 32.1. The summed E-state index contributed by atoms with van der Waals surface area (Å²) in [6.07, 6.45) is 1.90. The van der Waals surface area contributed by atoms with Crippen LogP contribution in [0.25, 0.3) is 0 Å². The van der Waals surface area contributed by atoms with E-state index in [9.17, 15) is 19.8 Å².